The highest BCUT2D eigenvalue weighted by Gasteiger charge is 2.22. The molecule has 0 radical (unpaired) electrons. The molecule has 0 atom stereocenters. The van der Waals surface area contributed by atoms with Crippen LogP contribution in [0.15, 0.2) is 0 Å². The summed E-state index contributed by atoms with van der Waals surface area (Å²) in [4.78, 5) is 24.7. The number of esters is 1. The minimum absolute atomic E-state index is 0.0348. The number of amides is 1. The van der Waals surface area contributed by atoms with Crippen LogP contribution in [0.5, 0.6) is 0 Å². The summed E-state index contributed by atoms with van der Waals surface area (Å²) < 4.78 is 10.0. The molecule has 0 N–H and O–H groups in total. The molecular formula is C12H21NO4. The second kappa shape index (κ2) is 7.27. The highest BCUT2D eigenvalue weighted by atomic mass is 16.5. The van der Waals surface area contributed by atoms with Gasteiger partial charge in [0.15, 0.2) is 0 Å². The van der Waals surface area contributed by atoms with E-state index in [0.717, 1.165) is 25.9 Å². The molecule has 1 aliphatic heterocycles. The monoisotopic (exact) mass is 243 g/mol. The molecule has 1 saturated heterocycles. The standard InChI is InChI=1S/C12H21NO4/c1-3-17-12(15)5-4-11(14)13-8-6-10(16-2)7-9-13/h10H,3-9H2,1-2H3. The fourth-order valence-electron chi connectivity index (χ4n) is 1.94. The zero-order valence-corrected chi connectivity index (χ0v) is 10.6. The second-order valence-corrected chi connectivity index (χ2v) is 4.12. The van der Waals surface area contributed by atoms with Crippen LogP contribution < -0.4 is 0 Å². The van der Waals surface area contributed by atoms with Gasteiger partial charge in [-0.15, -0.1) is 0 Å². The van der Waals surface area contributed by atoms with Gasteiger partial charge in [-0.1, -0.05) is 0 Å². The number of piperidine rings is 1. The van der Waals surface area contributed by atoms with Gasteiger partial charge in [-0.05, 0) is 19.8 Å². The Labute approximate surface area is 102 Å². The fourth-order valence-corrected chi connectivity index (χ4v) is 1.94. The van der Waals surface area contributed by atoms with Gasteiger partial charge in [0.05, 0.1) is 19.1 Å². The molecule has 5 nitrogen and oxygen atoms in total. The number of nitrogens with zero attached hydrogens (tertiary/aromatic N) is 1. The third-order valence-electron chi connectivity index (χ3n) is 2.98. The Bertz CT molecular complexity index is 259. The van der Waals surface area contributed by atoms with Crippen LogP contribution in [0.2, 0.25) is 0 Å². The Balaban J connectivity index is 2.22. The average Bonchev–Trinajstić information content (AvgIpc) is 2.36. The predicted octanol–water partition coefficient (Wildman–Crippen LogP) is 0.967. The lowest BCUT2D eigenvalue weighted by atomic mass is 10.1. The van der Waals surface area contributed by atoms with Crippen LogP contribution in [0.25, 0.3) is 0 Å². The first-order chi connectivity index (χ1) is 8.17. The van der Waals surface area contributed by atoms with Crippen LogP contribution in [0.1, 0.15) is 32.6 Å². The molecule has 0 aromatic rings. The van der Waals surface area contributed by atoms with Crippen LogP contribution in [0.4, 0.5) is 0 Å². The molecule has 0 saturated carbocycles. The van der Waals surface area contributed by atoms with E-state index in [-0.39, 0.29) is 30.8 Å². The molecule has 1 heterocycles. The van der Waals surface area contributed by atoms with Gasteiger partial charge in [-0.25, -0.2) is 0 Å². The van der Waals surface area contributed by atoms with Crippen LogP contribution in [-0.2, 0) is 19.1 Å². The van der Waals surface area contributed by atoms with Crippen molar-refractivity contribution in [3.05, 3.63) is 0 Å². The Morgan fingerprint density at radius 1 is 1.24 bits per heavy atom. The van der Waals surface area contributed by atoms with E-state index in [0.29, 0.717) is 6.61 Å². The molecule has 0 spiro atoms. The van der Waals surface area contributed by atoms with Gasteiger partial charge in [0.2, 0.25) is 5.91 Å². The maximum atomic E-state index is 11.8. The molecule has 1 amide bonds. The summed E-state index contributed by atoms with van der Waals surface area (Å²) in [6, 6.07) is 0. The Kier molecular flexibility index (Phi) is 5.97. The summed E-state index contributed by atoms with van der Waals surface area (Å²) in [7, 11) is 1.70. The normalized spacial score (nSPS) is 16.9. The Morgan fingerprint density at radius 2 is 1.88 bits per heavy atom. The topological polar surface area (TPSA) is 55.8 Å². The van der Waals surface area contributed by atoms with Gasteiger partial charge in [0.25, 0.3) is 0 Å². The summed E-state index contributed by atoms with van der Waals surface area (Å²) in [6.07, 6.45) is 2.44. The van der Waals surface area contributed by atoms with Crippen molar-refractivity contribution >= 4 is 11.9 Å². The number of likely N-dealkylation sites (tertiary alicyclic amines) is 1. The molecule has 98 valence electrons. The zero-order chi connectivity index (χ0) is 12.7. The third-order valence-corrected chi connectivity index (χ3v) is 2.98. The van der Waals surface area contributed by atoms with E-state index in [9.17, 15) is 9.59 Å². The molecule has 0 bridgehead atoms. The van der Waals surface area contributed by atoms with Crippen LogP contribution in [0.3, 0.4) is 0 Å². The first-order valence-corrected chi connectivity index (χ1v) is 6.13. The molecule has 0 aromatic heterocycles. The minimum atomic E-state index is -0.298. The quantitative estimate of drug-likeness (QED) is 0.675. The molecule has 5 heteroatoms. The highest BCUT2D eigenvalue weighted by molar-refractivity contribution is 5.81. The lowest BCUT2D eigenvalue weighted by Crippen LogP contribution is -2.40. The van der Waals surface area contributed by atoms with Crippen molar-refractivity contribution in [3.8, 4) is 0 Å². The number of hydrogen-bond acceptors (Lipinski definition) is 4. The van der Waals surface area contributed by atoms with Crippen molar-refractivity contribution < 1.29 is 19.1 Å². The van der Waals surface area contributed by atoms with Crippen molar-refractivity contribution in [2.75, 3.05) is 26.8 Å². The van der Waals surface area contributed by atoms with Crippen LogP contribution >= 0.6 is 0 Å². The Hall–Kier alpha value is -1.10. The molecule has 0 aliphatic carbocycles. The van der Waals surface area contributed by atoms with Crippen molar-refractivity contribution in [2.45, 2.75) is 38.7 Å². The van der Waals surface area contributed by atoms with E-state index in [1.807, 2.05) is 0 Å². The molecule has 0 aromatic carbocycles. The number of carbonyl (C=O) groups is 2. The third kappa shape index (κ3) is 4.73. The van der Waals surface area contributed by atoms with Gasteiger partial charge in [-0.3, -0.25) is 9.59 Å². The number of hydrogen-bond donors (Lipinski definition) is 0. The number of carbonyl (C=O) groups excluding carboxylic acids is 2. The Morgan fingerprint density at radius 3 is 2.41 bits per heavy atom. The predicted molar refractivity (Wildman–Crippen MR) is 62.5 cm³/mol. The molecule has 1 aliphatic rings. The molecule has 17 heavy (non-hydrogen) atoms. The summed E-state index contributed by atoms with van der Waals surface area (Å²) in [6.45, 7) is 3.57. The van der Waals surface area contributed by atoms with Crippen LogP contribution in [-0.4, -0.2) is 49.7 Å². The van der Waals surface area contributed by atoms with Crippen molar-refractivity contribution in [2.24, 2.45) is 0 Å². The van der Waals surface area contributed by atoms with Gasteiger partial charge >= 0.3 is 5.97 Å². The lowest BCUT2D eigenvalue weighted by molar-refractivity contribution is -0.146. The summed E-state index contributed by atoms with van der Waals surface area (Å²) in [5.74, 6) is -0.264. The largest absolute Gasteiger partial charge is 0.466 e. The lowest BCUT2D eigenvalue weighted by Gasteiger charge is -2.31. The molecular weight excluding hydrogens is 222 g/mol. The van der Waals surface area contributed by atoms with Crippen LogP contribution in [0, 0.1) is 0 Å². The zero-order valence-electron chi connectivity index (χ0n) is 10.6. The van der Waals surface area contributed by atoms with Gasteiger partial charge < -0.3 is 14.4 Å². The fraction of sp³-hybridized carbons (Fsp3) is 0.833. The first-order valence-electron chi connectivity index (χ1n) is 6.13. The SMILES string of the molecule is CCOC(=O)CCC(=O)N1CCC(OC)CC1. The second-order valence-electron chi connectivity index (χ2n) is 4.12. The van der Waals surface area contributed by atoms with E-state index >= 15 is 0 Å². The number of methoxy groups -OCH3 is 1. The summed E-state index contributed by atoms with van der Waals surface area (Å²) >= 11 is 0. The summed E-state index contributed by atoms with van der Waals surface area (Å²) in [5, 5.41) is 0. The maximum absolute atomic E-state index is 11.8. The van der Waals surface area contributed by atoms with Crippen molar-refractivity contribution in [1.29, 1.82) is 0 Å². The van der Waals surface area contributed by atoms with E-state index in [1.54, 1.807) is 18.9 Å². The van der Waals surface area contributed by atoms with E-state index in [2.05, 4.69) is 0 Å². The number of rotatable bonds is 5. The highest BCUT2D eigenvalue weighted by Crippen LogP contribution is 2.14. The molecule has 1 fully saturated rings. The van der Waals surface area contributed by atoms with Gasteiger partial charge in [-0.2, -0.15) is 0 Å². The van der Waals surface area contributed by atoms with Crippen molar-refractivity contribution in [3.63, 3.8) is 0 Å². The van der Waals surface area contributed by atoms with E-state index in [4.69, 9.17) is 9.47 Å². The average molecular weight is 243 g/mol. The smallest absolute Gasteiger partial charge is 0.306 e. The van der Waals surface area contributed by atoms with Gasteiger partial charge in [0.1, 0.15) is 0 Å². The van der Waals surface area contributed by atoms with Gasteiger partial charge in [0, 0.05) is 26.6 Å². The minimum Gasteiger partial charge on any atom is -0.466 e. The summed E-state index contributed by atoms with van der Waals surface area (Å²) in [5.41, 5.74) is 0. The van der Waals surface area contributed by atoms with E-state index in [1.165, 1.54) is 0 Å². The van der Waals surface area contributed by atoms with Crippen molar-refractivity contribution in [1.82, 2.24) is 4.90 Å². The van der Waals surface area contributed by atoms with E-state index < -0.39 is 0 Å². The maximum Gasteiger partial charge on any atom is 0.306 e. The molecule has 1 rings (SSSR count). The first kappa shape index (κ1) is 14.0. The molecule has 0 unspecified atom stereocenters. The number of ether oxygens (including phenoxy) is 2.